The molecule has 0 bridgehead atoms. The van der Waals surface area contributed by atoms with E-state index in [2.05, 4.69) is 5.32 Å². The van der Waals surface area contributed by atoms with Gasteiger partial charge in [-0.15, -0.1) is 0 Å². The summed E-state index contributed by atoms with van der Waals surface area (Å²) >= 11 is 0. The molecule has 1 fully saturated rings. The Kier molecular flexibility index (Phi) is 7.36. The van der Waals surface area contributed by atoms with Gasteiger partial charge in [-0.2, -0.15) is 0 Å². The van der Waals surface area contributed by atoms with Crippen LogP contribution in [0, 0.1) is 5.92 Å². The molecular formula is C14H26N2O4. The fourth-order valence-electron chi connectivity index (χ4n) is 2.30. The zero-order chi connectivity index (χ0) is 15.0. The van der Waals surface area contributed by atoms with E-state index in [0.29, 0.717) is 38.6 Å². The topological polar surface area (TPSA) is 78.9 Å². The zero-order valence-corrected chi connectivity index (χ0v) is 12.4. The number of carbonyl (C=O) groups is 2. The van der Waals surface area contributed by atoms with Crippen LogP contribution in [-0.2, 0) is 9.53 Å². The van der Waals surface area contributed by atoms with E-state index >= 15 is 0 Å². The smallest absolute Gasteiger partial charge is 0.317 e. The SMILES string of the molecule is CCC1COCCN1C(=O)NCCC(C)CCC(=O)O. The molecule has 2 N–H and O–H groups in total. The van der Waals surface area contributed by atoms with Gasteiger partial charge in [0, 0.05) is 19.5 Å². The fraction of sp³-hybridized carbons (Fsp3) is 0.857. The molecule has 20 heavy (non-hydrogen) atoms. The van der Waals surface area contributed by atoms with Gasteiger partial charge >= 0.3 is 12.0 Å². The minimum Gasteiger partial charge on any atom is -0.481 e. The number of urea groups is 1. The van der Waals surface area contributed by atoms with Gasteiger partial charge in [-0.3, -0.25) is 4.79 Å². The molecule has 6 heteroatoms. The molecule has 2 atom stereocenters. The number of carboxylic acid groups (broad SMARTS) is 1. The van der Waals surface area contributed by atoms with Crippen molar-refractivity contribution in [1.82, 2.24) is 10.2 Å². The highest BCUT2D eigenvalue weighted by atomic mass is 16.5. The Morgan fingerprint density at radius 3 is 2.85 bits per heavy atom. The van der Waals surface area contributed by atoms with Crippen molar-refractivity contribution in [3.05, 3.63) is 0 Å². The lowest BCUT2D eigenvalue weighted by molar-refractivity contribution is -0.137. The number of morpholine rings is 1. The van der Waals surface area contributed by atoms with Crippen molar-refractivity contribution in [2.75, 3.05) is 26.3 Å². The van der Waals surface area contributed by atoms with E-state index in [4.69, 9.17) is 9.84 Å². The lowest BCUT2D eigenvalue weighted by Crippen LogP contribution is -2.52. The molecule has 1 heterocycles. The molecule has 1 rings (SSSR count). The Hall–Kier alpha value is -1.30. The second-order valence-electron chi connectivity index (χ2n) is 5.39. The third kappa shape index (κ3) is 5.77. The van der Waals surface area contributed by atoms with Gasteiger partial charge in [-0.25, -0.2) is 4.79 Å². The quantitative estimate of drug-likeness (QED) is 0.746. The Morgan fingerprint density at radius 2 is 2.20 bits per heavy atom. The van der Waals surface area contributed by atoms with E-state index in [9.17, 15) is 9.59 Å². The minimum absolute atomic E-state index is 0.0365. The summed E-state index contributed by atoms with van der Waals surface area (Å²) in [7, 11) is 0. The number of ether oxygens (including phenoxy) is 1. The Balaban J connectivity index is 2.23. The summed E-state index contributed by atoms with van der Waals surface area (Å²) in [4.78, 5) is 24.4. The zero-order valence-electron chi connectivity index (χ0n) is 12.4. The predicted octanol–water partition coefficient (Wildman–Crippen LogP) is 1.70. The van der Waals surface area contributed by atoms with Crippen molar-refractivity contribution < 1.29 is 19.4 Å². The number of amides is 2. The van der Waals surface area contributed by atoms with Gasteiger partial charge in [0.15, 0.2) is 0 Å². The lowest BCUT2D eigenvalue weighted by atomic mass is 10.0. The van der Waals surface area contributed by atoms with Gasteiger partial charge in [-0.05, 0) is 25.2 Å². The number of aliphatic carboxylic acids is 1. The monoisotopic (exact) mass is 286 g/mol. The first-order chi connectivity index (χ1) is 9.54. The first-order valence-corrected chi connectivity index (χ1v) is 7.38. The van der Waals surface area contributed by atoms with Crippen LogP contribution in [0.3, 0.4) is 0 Å². The van der Waals surface area contributed by atoms with Crippen molar-refractivity contribution in [2.45, 2.75) is 45.6 Å². The molecule has 1 saturated heterocycles. The first kappa shape index (κ1) is 16.8. The molecule has 0 saturated carbocycles. The third-order valence-electron chi connectivity index (χ3n) is 3.72. The summed E-state index contributed by atoms with van der Waals surface area (Å²) in [6, 6.07) is 0.124. The number of hydrogen-bond donors (Lipinski definition) is 2. The number of nitrogens with zero attached hydrogens (tertiary/aromatic N) is 1. The minimum atomic E-state index is -0.764. The van der Waals surface area contributed by atoms with Crippen molar-refractivity contribution in [2.24, 2.45) is 5.92 Å². The maximum atomic E-state index is 12.1. The van der Waals surface area contributed by atoms with Gasteiger partial charge in [0.05, 0.1) is 19.3 Å². The van der Waals surface area contributed by atoms with Crippen LogP contribution in [0.25, 0.3) is 0 Å². The van der Waals surface area contributed by atoms with E-state index in [1.54, 1.807) is 0 Å². The number of carbonyl (C=O) groups excluding carboxylic acids is 1. The number of rotatable bonds is 7. The summed E-state index contributed by atoms with van der Waals surface area (Å²) in [6.07, 6.45) is 2.54. The highest BCUT2D eigenvalue weighted by molar-refractivity contribution is 5.74. The molecule has 1 aliphatic rings. The van der Waals surface area contributed by atoms with E-state index < -0.39 is 5.97 Å². The van der Waals surface area contributed by atoms with Crippen molar-refractivity contribution in [1.29, 1.82) is 0 Å². The van der Waals surface area contributed by atoms with Gasteiger partial charge in [0.25, 0.3) is 0 Å². The highest BCUT2D eigenvalue weighted by Crippen LogP contribution is 2.11. The van der Waals surface area contributed by atoms with Crippen LogP contribution in [0.4, 0.5) is 4.79 Å². The maximum absolute atomic E-state index is 12.1. The normalized spacial score (nSPS) is 20.5. The predicted molar refractivity (Wildman–Crippen MR) is 75.7 cm³/mol. The Labute approximate surface area is 120 Å². The fourth-order valence-corrected chi connectivity index (χ4v) is 2.30. The Bertz CT molecular complexity index is 322. The van der Waals surface area contributed by atoms with Crippen molar-refractivity contribution >= 4 is 12.0 Å². The van der Waals surface area contributed by atoms with E-state index in [0.717, 1.165) is 12.8 Å². The second kappa shape index (κ2) is 8.79. The highest BCUT2D eigenvalue weighted by Gasteiger charge is 2.25. The number of hydrogen-bond acceptors (Lipinski definition) is 3. The van der Waals surface area contributed by atoms with Crippen LogP contribution in [0.15, 0.2) is 0 Å². The summed E-state index contributed by atoms with van der Waals surface area (Å²) in [5.41, 5.74) is 0. The Morgan fingerprint density at radius 1 is 1.45 bits per heavy atom. The molecule has 0 aromatic rings. The van der Waals surface area contributed by atoms with Gasteiger partial charge < -0.3 is 20.1 Å². The molecule has 0 spiro atoms. The standard InChI is InChI=1S/C14H26N2O4/c1-3-12-10-20-9-8-16(12)14(19)15-7-6-11(2)4-5-13(17)18/h11-12H,3-10H2,1-2H3,(H,15,19)(H,17,18). The van der Waals surface area contributed by atoms with Crippen LogP contribution in [0.5, 0.6) is 0 Å². The molecule has 0 aromatic carbocycles. The van der Waals surface area contributed by atoms with Crippen molar-refractivity contribution in [3.8, 4) is 0 Å². The van der Waals surface area contributed by atoms with Crippen molar-refractivity contribution in [3.63, 3.8) is 0 Å². The maximum Gasteiger partial charge on any atom is 0.317 e. The largest absolute Gasteiger partial charge is 0.481 e. The molecule has 116 valence electrons. The molecule has 6 nitrogen and oxygen atoms in total. The van der Waals surface area contributed by atoms with Crippen LogP contribution >= 0.6 is 0 Å². The first-order valence-electron chi connectivity index (χ1n) is 7.38. The summed E-state index contributed by atoms with van der Waals surface area (Å²) in [5.74, 6) is -0.460. The van der Waals surface area contributed by atoms with E-state index in [1.807, 2.05) is 18.7 Å². The molecular weight excluding hydrogens is 260 g/mol. The third-order valence-corrected chi connectivity index (χ3v) is 3.72. The summed E-state index contributed by atoms with van der Waals surface area (Å²) < 4.78 is 5.37. The summed E-state index contributed by atoms with van der Waals surface area (Å²) in [5, 5.41) is 11.5. The number of carboxylic acids is 1. The lowest BCUT2D eigenvalue weighted by Gasteiger charge is -2.35. The van der Waals surface area contributed by atoms with E-state index in [1.165, 1.54) is 0 Å². The van der Waals surface area contributed by atoms with Gasteiger partial charge in [0.2, 0.25) is 0 Å². The average Bonchev–Trinajstić information content (AvgIpc) is 2.44. The van der Waals surface area contributed by atoms with Crippen LogP contribution in [-0.4, -0.2) is 54.4 Å². The van der Waals surface area contributed by atoms with E-state index in [-0.39, 0.29) is 18.5 Å². The molecule has 0 aliphatic carbocycles. The number of nitrogens with one attached hydrogen (secondary N) is 1. The van der Waals surface area contributed by atoms with Crippen LogP contribution < -0.4 is 5.32 Å². The average molecular weight is 286 g/mol. The summed E-state index contributed by atoms with van der Waals surface area (Å²) in [6.45, 7) is 6.50. The second-order valence-corrected chi connectivity index (χ2v) is 5.39. The molecule has 0 aromatic heterocycles. The van der Waals surface area contributed by atoms with Crippen LogP contribution in [0.2, 0.25) is 0 Å². The molecule has 1 aliphatic heterocycles. The van der Waals surface area contributed by atoms with Gasteiger partial charge in [0.1, 0.15) is 0 Å². The van der Waals surface area contributed by atoms with Crippen LogP contribution in [0.1, 0.15) is 39.5 Å². The molecule has 2 amide bonds. The molecule has 0 radical (unpaired) electrons. The van der Waals surface area contributed by atoms with Gasteiger partial charge in [-0.1, -0.05) is 13.8 Å². The molecule has 2 unspecified atom stereocenters.